The summed E-state index contributed by atoms with van der Waals surface area (Å²) in [6.45, 7) is 0. The third kappa shape index (κ3) is 4.23. The van der Waals surface area contributed by atoms with Crippen LogP contribution in [0.15, 0.2) is 177 Å². The molecule has 0 saturated heterocycles. The average molecular weight is 698 g/mol. The fourth-order valence-corrected chi connectivity index (χ4v) is 9.65. The van der Waals surface area contributed by atoms with Crippen LogP contribution in [-0.4, -0.2) is 0 Å². The fraction of sp³-hybridized carbons (Fsp3) is 0. The zero-order valence-corrected chi connectivity index (χ0v) is 29.0. The first-order valence-corrected chi connectivity index (χ1v) is 18.6. The fourth-order valence-electron chi connectivity index (χ4n) is 8.26. The predicted octanol–water partition coefficient (Wildman–Crippen LogP) is 14.9. The molecule has 0 spiro atoms. The van der Waals surface area contributed by atoms with Crippen LogP contribution in [0.2, 0.25) is 0 Å². The summed E-state index contributed by atoms with van der Waals surface area (Å²) >= 11 is 1.85. The minimum Gasteiger partial charge on any atom is -0.456 e. The Morgan fingerprint density at radius 2 is 0.849 bits per heavy atom. The van der Waals surface area contributed by atoms with Crippen LogP contribution in [-0.2, 0) is 0 Å². The maximum atomic E-state index is 6.40. The number of fused-ring (bicyclic) bond motifs is 13. The van der Waals surface area contributed by atoms with Crippen molar-refractivity contribution < 1.29 is 13.3 Å². The summed E-state index contributed by atoms with van der Waals surface area (Å²) in [5.74, 6) is 0. The minimum atomic E-state index is 0.850. The molecule has 248 valence electrons. The van der Waals surface area contributed by atoms with E-state index in [4.69, 9.17) is 13.3 Å². The lowest BCUT2D eigenvalue weighted by molar-refractivity contribution is 0.668. The van der Waals surface area contributed by atoms with E-state index in [1.807, 2.05) is 41.7 Å². The van der Waals surface area contributed by atoms with E-state index < -0.39 is 0 Å². The summed E-state index contributed by atoms with van der Waals surface area (Å²) in [5, 5.41) is 9.27. The van der Waals surface area contributed by atoms with Gasteiger partial charge in [0.1, 0.15) is 33.5 Å². The van der Waals surface area contributed by atoms with Crippen molar-refractivity contribution in [2.24, 2.45) is 0 Å². The summed E-state index contributed by atoms with van der Waals surface area (Å²) in [5.41, 5.74) is 10.7. The average Bonchev–Trinajstić information content (AvgIpc) is 3.97. The molecule has 4 nitrogen and oxygen atoms in total. The number of hydrogen-bond acceptors (Lipinski definition) is 5. The van der Waals surface area contributed by atoms with E-state index in [2.05, 4.69) is 138 Å². The molecule has 0 aliphatic heterocycles. The number of nitrogens with zero attached hydrogens (tertiary/aromatic N) is 1. The van der Waals surface area contributed by atoms with Gasteiger partial charge in [-0.25, -0.2) is 0 Å². The van der Waals surface area contributed by atoms with Gasteiger partial charge in [-0.2, -0.15) is 0 Å². The molecule has 4 aromatic heterocycles. The molecule has 0 fully saturated rings. The molecule has 0 bridgehead atoms. The molecule has 12 aromatic rings. The highest BCUT2D eigenvalue weighted by molar-refractivity contribution is 7.27. The summed E-state index contributed by atoms with van der Waals surface area (Å²) in [6, 6.07) is 57.6. The molecule has 0 aliphatic carbocycles. The molecule has 0 unspecified atom stereocenters. The predicted molar refractivity (Wildman–Crippen MR) is 221 cm³/mol. The van der Waals surface area contributed by atoms with E-state index in [-0.39, 0.29) is 0 Å². The Bertz CT molecular complexity index is 3320. The maximum absolute atomic E-state index is 6.40. The smallest absolute Gasteiger partial charge is 0.137 e. The van der Waals surface area contributed by atoms with Crippen molar-refractivity contribution in [3.63, 3.8) is 0 Å². The largest absolute Gasteiger partial charge is 0.456 e. The molecule has 0 amide bonds. The van der Waals surface area contributed by atoms with Crippen LogP contribution in [0.3, 0.4) is 0 Å². The molecule has 53 heavy (non-hydrogen) atoms. The second-order valence-electron chi connectivity index (χ2n) is 13.6. The molecule has 0 aliphatic rings. The van der Waals surface area contributed by atoms with Crippen LogP contribution in [0.1, 0.15) is 0 Å². The highest BCUT2D eigenvalue weighted by Crippen LogP contribution is 2.47. The van der Waals surface area contributed by atoms with Crippen molar-refractivity contribution in [3.05, 3.63) is 164 Å². The first kappa shape index (κ1) is 28.8. The third-order valence-corrected chi connectivity index (χ3v) is 11.9. The standard InChI is InChI=1S/C48H27NO3S/c1-4-16-40-33(11-1)35-21-19-30(26-44(35)51-40)49(31-20-22-36-34-12-2-5-17-41(34)52-45(36)27-31)29-10-7-9-28(25-29)32-14-8-15-37-38-23-24-43-46(48(38)53-47(32)37)39-13-3-6-18-42(39)50-43/h1-27H. The van der Waals surface area contributed by atoms with Crippen molar-refractivity contribution in [1.29, 1.82) is 0 Å². The number of hydrogen-bond donors (Lipinski definition) is 0. The van der Waals surface area contributed by atoms with Crippen molar-refractivity contribution in [2.45, 2.75) is 0 Å². The third-order valence-electron chi connectivity index (χ3n) is 10.7. The van der Waals surface area contributed by atoms with E-state index in [9.17, 15) is 0 Å². The number of para-hydroxylation sites is 3. The zero-order chi connectivity index (χ0) is 34.6. The molecule has 0 saturated carbocycles. The van der Waals surface area contributed by atoms with Crippen LogP contribution in [0.4, 0.5) is 17.1 Å². The van der Waals surface area contributed by atoms with Gasteiger partial charge in [0, 0.05) is 81.7 Å². The highest BCUT2D eigenvalue weighted by atomic mass is 32.1. The second-order valence-corrected chi connectivity index (χ2v) is 14.7. The van der Waals surface area contributed by atoms with Gasteiger partial charge in [0.2, 0.25) is 0 Å². The number of anilines is 3. The SMILES string of the molecule is c1cc(-c2cccc3c2sc2c3ccc3oc4ccccc4c32)cc(N(c2ccc3c(c2)oc2ccccc23)c2ccc3c(c2)oc2ccccc23)c1. The minimum absolute atomic E-state index is 0.850. The van der Waals surface area contributed by atoms with Crippen LogP contribution < -0.4 is 4.90 Å². The molecule has 4 heterocycles. The number of furan rings is 3. The van der Waals surface area contributed by atoms with E-state index in [0.29, 0.717) is 0 Å². The lowest BCUT2D eigenvalue weighted by atomic mass is 10.0. The van der Waals surface area contributed by atoms with Crippen molar-refractivity contribution in [3.8, 4) is 11.1 Å². The van der Waals surface area contributed by atoms with Gasteiger partial charge in [-0.15, -0.1) is 11.3 Å². The van der Waals surface area contributed by atoms with E-state index in [1.165, 1.54) is 31.1 Å². The molecular formula is C48H27NO3S. The molecule has 8 aromatic carbocycles. The first-order valence-electron chi connectivity index (χ1n) is 17.7. The molecular weight excluding hydrogens is 671 g/mol. The molecule has 5 heteroatoms. The maximum Gasteiger partial charge on any atom is 0.137 e. The van der Waals surface area contributed by atoms with Gasteiger partial charge >= 0.3 is 0 Å². The molecule has 0 atom stereocenters. The van der Waals surface area contributed by atoms with E-state index >= 15 is 0 Å². The van der Waals surface area contributed by atoms with Crippen molar-refractivity contribution >= 4 is 114 Å². The van der Waals surface area contributed by atoms with E-state index in [0.717, 1.165) is 83.1 Å². The van der Waals surface area contributed by atoms with Crippen LogP contribution in [0, 0.1) is 0 Å². The zero-order valence-electron chi connectivity index (χ0n) is 28.2. The van der Waals surface area contributed by atoms with Gasteiger partial charge in [0.05, 0.1) is 0 Å². The van der Waals surface area contributed by atoms with E-state index in [1.54, 1.807) is 0 Å². The lowest BCUT2D eigenvalue weighted by Crippen LogP contribution is -2.09. The van der Waals surface area contributed by atoms with Gasteiger partial charge < -0.3 is 18.2 Å². The monoisotopic (exact) mass is 697 g/mol. The topological polar surface area (TPSA) is 42.7 Å². The molecule has 0 N–H and O–H groups in total. The van der Waals surface area contributed by atoms with Crippen LogP contribution in [0.5, 0.6) is 0 Å². The quantitative estimate of drug-likeness (QED) is 0.184. The van der Waals surface area contributed by atoms with Crippen molar-refractivity contribution in [2.75, 3.05) is 4.90 Å². The Kier molecular flexibility index (Phi) is 5.90. The Balaban J connectivity index is 1.06. The second kappa shape index (κ2) is 10.8. The van der Waals surface area contributed by atoms with Gasteiger partial charge in [-0.3, -0.25) is 0 Å². The Labute approximate surface area is 306 Å². The summed E-state index contributed by atoms with van der Waals surface area (Å²) < 4.78 is 21.6. The number of thiophene rings is 1. The molecule has 0 radical (unpaired) electrons. The van der Waals surface area contributed by atoms with Crippen molar-refractivity contribution in [1.82, 2.24) is 0 Å². The normalized spacial score (nSPS) is 12.2. The highest BCUT2D eigenvalue weighted by Gasteiger charge is 2.20. The van der Waals surface area contributed by atoms with Gasteiger partial charge in [-0.1, -0.05) is 84.9 Å². The number of benzene rings is 8. The van der Waals surface area contributed by atoms with Gasteiger partial charge in [0.15, 0.2) is 0 Å². The Hall–Kier alpha value is -6.82. The molecule has 12 rings (SSSR count). The van der Waals surface area contributed by atoms with Crippen LogP contribution in [0.25, 0.3) is 97.1 Å². The summed E-state index contributed by atoms with van der Waals surface area (Å²) in [6.07, 6.45) is 0. The van der Waals surface area contributed by atoms with Gasteiger partial charge in [0.25, 0.3) is 0 Å². The van der Waals surface area contributed by atoms with Crippen LogP contribution >= 0.6 is 11.3 Å². The summed E-state index contributed by atoms with van der Waals surface area (Å²) in [4.78, 5) is 2.30. The number of rotatable bonds is 4. The first-order chi connectivity index (χ1) is 26.2. The lowest BCUT2D eigenvalue weighted by Gasteiger charge is -2.26. The Morgan fingerprint density at radius 1 is 0.340 bits per heavy atom. The Morgan fingerprint density at radius 3 is 1.55 bits per heavy atom. The summed E-state index contributed by atoms with van der Waals surface area (Å²) in [7, 11) is 0. The van der Waals surface area contributed by atoms with Gasteiger partial charge in [-0.05, 0) is 77.9 Å².